The Bertz CT molecular complexity index is 794. The molecular formula is C17H18F3N3O2. The van der Waals surface area contributed by atoms with Crippen LogP contribution in [-0.2, 0) is 0 Å². The van der Waals surface area contributed by atoms with Crippen molar-refractivity contribution in [3.05, 3.63) is 23.9 Å². The number of carbonyl (C=O) groups excluding carboxylic acids is 1. The molecule has 3 aliphatic rings. The maximum Gasteiger partial charge on any atom is 0.573 e. The lowest BCUT2D eigenvalue weighted by Crippen LogP contribution is -2.47. The van der Waals surface area contributed by atoms with E-state index in [0.29, 0.717) is 29.2 Å². The molecule has 0 spiro atoms. The van der Waals surface area contributed by atoms with Gasteiger partial charge in [0.05, 0.1) is 5.52 Å². The van der Waals surface area contributed by atoms with Crippen LogP contribution in [0.1, 0.15) is 29.8 Å². The minimum atomic E-state index is -4.77. The minimum absolute atomic E-state index is 0.130. The summed E-state index contributed by atoms with van der Waals surface area (Å²) in [6, 6.07) is 3.86. The fourth-order valence-electron chi connectivity index (χ4n) is 4.06. The van der Waals surface area contributed by atoms with E-state index < -0.39 is 6.36 Å². The normalized spacial score (nSPS) is 26.1. The molecule has 134 valence electrons. The number of halogens is 3. The summed E-state index contributed by atoms with van der Waals surface area (Å²) in [5, 5.41) is 7.12. The van der Waals surface area contributed by atoms with E-state index >= 15 is 0 Å². The Morgan fingerprint density at radius 3 is 2.72 bits per heavy atom. The second kappa shape index (κ2) is 6.01. The molecule has 0 aliphatic carbocycles. The molecule has 5 nitrogen and oxygen atoms in total. The Morgan fingerprint density at radius 2 is 2.08 bits per heavy atom. The van der Waals surface area contributed by atoms with Crippen LogP contribution in [0.4, 0.5) is 13.2 Å². The van der Waals surface area contributed by atoms with Gasteiger partial charge in [-0.1, -0.05) is 0 Å². The number of ether oxygens (including phenoxy) is 1. The van der Waals surface area contributed by atoms with E-state index in [1.807, 2.05) is 0 Å². The van der Waals surface area contributed by atoms with E-state index in [9.17, 15) is 18.0 Å². The highest BCUT2D eigenvalue weighted by atomic mass is 19.4. The number of Topliss-reactive ketones (excluding diaryl/α,β-unsaturated/α-hetero) is 1. The van der Waals surface area contributed by atoms with Crippen molar-refractivity contribution in [2.24, 2.45) is 11.8 Å². The number of H-pyrrole nitrogens is 1. The molecule has 1 N–H and O–H groups in total. The summed E-state index contributed by atoms with van der Waals surface area (Å²) >= 11 is 0. The molecule has 1 atom stereocenters. The van der Waals surface area contributed by atoms with Crippen LogP contribution in [-0.4, -0.2) is 46.9 Å². The summed E-state index contributed by atoms with van der Waals surface area (Å²) < 4.78 is 41.2. The average molecular weight is 353 g/mol. The van der Waals surface area contributed by atoms with Crippen LogP contribution >= 0.6 is 0 Å². The summed E-state index contributed by atoms with van der Waals surface area (Å²) in [5.41, 5.74) is 0.714. The number of benzene rings is 1. The molecule has 0 unspecified atom stereocenters. The maximum atomic E-state index is 12.7. The molecule has 3 saturated heterocycles. The van der Waals surface area contributed by atoms with Gasteiger partial charge in [-0.3, -0.25) is 9.89 Å². The number of hydrogen-bond acceptors (Lipinski definition) is 4. The number of nitrogens with one attached hydrogen (secondary N) is 1. The summed E-state index contributed by atoms with van der Waals surface area (Å²) in [5.74, 6) is 0.382. The first-order chi connectivity index (χ1) is 11.9. The monoisotopic (exact) mass is 353 g/mol. The first-order valence-corrected chi connectivity index (χ1v) is 8.38. The van der Waals surface area contributed by atoms with Gasteiger partial charge < -0.3 is 9.64 Å². The molecule has 3 aliphatic heterocycles. The van der Waals surface area contributed by atoms with Crippen LogP contribution in [0, 0.1) is 11.8 Å². The first-order valence-electron chi connectivity index (χ1n) is 8.38. The third-order valence-corrected chi connectivity index (χ3v) is 5.27. The number of ketones is 1. The fraction of sp³-hybridized carbons (Fsp3) is 0.529. The van der Waals surface area contributed by atoms with Gasteiger partial charge in [-0.15, -0.1) is 13.2 Å². The highest BCUT2D eigenvalue weighted by Crippen LogP contribution is 2.35. The molecule has 2 bridgehead atoms. The van der Waals surface area contributed by atoms with Crippen LogP contribution in [0.3, 0.4) is 0 Å². The first kappa shape index (κ1) is 16.4. The van der Waals surface area contributed by atoms with E-state index in [2.05, 4.69) is 19.8 Å². The second-order valence-corrected chi connectivity index (χ2v) is 6.85. The number of piperidine rings is 3. The molecule has 1 aromatic carbocycles. The van der Waals surface area contributed by atoms with Crippen molar-refractivity contribution in [3.63, 3.8) is 0 Å². The Hall–Kier alpha value is -2.09. The molecule has 2 aromatic rings. The Morgan fingerprint density at radius 1 is 1.32 bits per heavy atom. The van der Waals surface area contributed by atoms with Crippen molar-refractivity contribution in [2.75, 3.05) is 19.6 Å². The van der Waals surface area contributed by atoms with Crippen molar-refractivity contribution in [1.29, 1.82) is 0 Å². The predicted molar refractivity (Wildman–Crippen MR) is 84.4 cm³/mol. The van der Waals surface area contributed by atoms with Crippen molar-refractivity contribution >= 4 is 16.7 Å². The standard InChI is InChI=1S/C17H18F3N3O2/c18-17(19,20)25-12-1-2-14-13(8-12)16(22-21-14)15(24)7-11-9-23-5-3-10(11)4-6-23/h1-2,8,10-11H,3-7,9H2,(H,21,22)/t11-/m0/s1. The summed E-state index contributed by atoms with van der Waals surface area (Å²) in [7, 11) is 0. The Kier molecular flexibility index (Phi) is 3.94. The van der Waals surface area contributed by atoms with Gasteiger partial charge in [0.25, 0.3) is 0 Å². The lowest BCUT2D eigenvalue weighted by Gasteiger charge is -2.44. The van der Waals surface area contributed by atoms with Gasteiger partial charge in [-0.25, -0.2) is 0 Å². The van der Waals surface area contributed by atoms with E-state index in [1.165, 1.54) is 18.2 Å². The number of fused-ring (bicyclic) bond motifs is 4. The molecule has 3 fully saturated rings. The molecule has 0 radical (unpaired) electrons. The average Bonchev–Trinajstić information content (AvgIpc) is 2.97. The predicted octanol–water partition coefficient (Wildman–Crippen LogP) is 3.38. The van der Waals surface area contributed by atoms with Crippen LogP contribution in [0.2, 0.25) is 0 Å². The van der Waals surface area contributed by atoms with Gasteiger partial charge in [-0.2, -0.15) is 5.10 Å². The molecule has 0 saturated carbocycles. The molecule has 4 heterocycles. The molecule has 0 amide bonds. The molecule has 25 heavy (non-hydrogen) atoms. The second-order valence-electron chi connectivity index (χ2n) is 6.85. The largest absolute Gasteiger partial charge is 0.573 e. The van der Waals surface area contributed by atoms with E-state index in [-0.39, 0.29) is 17.2 Å². The molecule has 1 aromatic heterocycles. The summed E-state index contributed by atoms with van der Waals surface area (Å²) in [6.45, 7) is 3.11. The maximum absolute atomic E-state index is 12.7. The van der Waals surface area contributed by atoms with Crippen LogP contribution in [0.25, 0.3) is 10.9 Å². The molecule has 5 rings (SSSR count). The van der Waals surface area contributed by atoms with Crippen molar-refractivity contribution in [1.82, 2.24) is 15.1 Å². The summed E-state index contributed by atoms with van der Waals surface area (Å²) in [4.78, 5) is 15.1. The zero-order valence-electron chi connectivity index (χ0n) is 13.5. The fourth-order valence-corrected chi connectivity index (χ4v) is 4.06. The van der Waals surface area contributed by atoms with E-state index in [0.717, 1.165) is 32.5 Å². The number of nitrogens with zero attached hydrogens (tertiary/aromatic N) is 2. The third kappa shape index (κ3) is 3.35. The number of alkyl halides is 3. The van der Waals surface area contributed by atoms with Crippen LogP contribution in [0.5, 0.6) is 5.75 Å². The number of aromatic nitrogens is 2. The minimum Gasteiger partial charge on any atom is -0.406 e. The van der Waals surface area contributed by atoms with Crippen molar-refractivity contribution in [3.8, 4) is 5.75 Å². The van der Waals surface area contributed by atoms with Crippen LogP contribution in [0.15, 0.2) is 18.2 Å². The lowest BCUT2D eigenvalue weighted by molar-refractivity contribution is -0.274. The van der Waals surface area contributed by atoms with Gasteiger partial charge in [0.1, 0.15) is 11.4 Å². The Labute approximate surface area is 142 Å². The number of rotatable bonds is 4. The van der Waals surface area contributed by atoms with E-state index in [1.54, 1.807) is 0 Å². The zero-order valence-corrected chi connectivity index (χ0v) is 13.5. The Balaban J connectivity index is 1.55. The molecule has 8 heteroatoms. The SMILES string of the molecule is O=C(C[C@H]1CN2CCC1CC2)c1n[nH]c2ccc(OC(F)(F)F)cc12. The smallest absolute Gasteiger partial charge is 0.406 e. The number of carbonyl (C=O) groups is 1. The van der Waals surface area contributed by atoms with Crippen LogP contribution < -0.4 is 4.74 Å². The topological polar surface area (TPSA) is 58.2 Å². The highest BCUT2D eigenvalue weighted by molar-refractivity contribution is 6.06. The summed E-state index contributed by atoms with van der Waals surface area (Å²) in [6.07, 6.45) is -2.16. The van der Waals surface area contributed by atoms with Gasteiger partial charge in [0, 0.05) is 18.4 Å². The van der Waals surface area contributed by atoms with Crippen molar-refractivity contribution in [2.45, 2.75) is 25.6 Å². The van der Waals surface area contributed by atoms with Gasteiger partial charge >= 0.3 is 6.36 Å². The van der Waals surface area contributed by atoms with Gasteiger partial charge in [0.15, 0.2) is 5.78 Å². The zero-order chi connectivity index (χ0) is 17.6. The number of aromatic amines is 1. The number of hydrogen-bond donors (Lipinski definition) is 1. The van der Waals surface area contributed by atoms with Crippen molar-refractivity contribution < 1.29 is 22.7 Å². The quantitative estimate of drug-likeness (QED) is 0.856. The van der Waals surface area contributed by atoms with Gasteiger partial charge in [-0.05, 0) is 56.0 Å². The highest BCUT2D eigenvalue weighted by Gasteiger charge is 2.36. The van der Waals surface area contributed by atoms with E-state index in [4.69, 9.17) is 0 Å². The van der Waals surface area contributed by atoms with Gasteiger partial charge in [0.2, 0.25) is 0 Å². The lowest BCUT2D eigenvalue weighted by atomic mass is 9.76. The molecular weight excluding hydrogens is 335 g/mol. The third-order valence-electron chi connectivity index (χ3n) is 5.27.